The Hall–Kier alpha value is -2.68. The zero-order valence-corrected chi connectivity index (χ0v) is 12.0. The molecule has 2 N–H and O–H groups in total. The van der Waals surface area contributed by atoms with Crippen molar-refractivity contribution < 1.29 is 9.47 Å². The Bertz CT molecular complexity index is 873. The van der Waals surface area contributed by atoms with Crippen LogP contribution in [0.15, 0.2) is 23.0 Å². The number of anilines is 1. The minimum atomic E-state index is -0.389. The first-order valence-electron chi connectivity index (χ1n) is 5.88. The lowest BCUT2D eigenvalue weighted by molar-refractivity contribution is 0.355. The normalized spacial score (nSPS) is 10.8. The SMILES string of the molecule is COc1ccc(-c2nnc3sc(N)nn3c2=O)cc1OC. The molecule has 9 heteroatoms. The van der Waals surface area contributed by atoms with Gasteiger partial charge < -0.3 is 15.2 Å². The van der Waals surface area contributed by atoms with Crippen LogP contribution in [0.25, 0.3) is 16.2 Å². The molecular weight excluding hydrogens is 294 g/mol. The van der Waals surface area contributed by atoms with Gasteiger partial charge in [-0.1, -0.05) is 11.3 Å². The fourth-order valence-electron chi connectivity index (χ4n) is 1.89. The molecule has 0 saturated carbocycles. The van der Waals surface area contributed by atoms with Gasteiger partial charge in [0.15, 0.2) is 17.2 Å². The number of methoxy groups -OCH3 is 2. The number of fused-ring (bicyclic) bond motifs is 1. The summed E-state index contributed by atoms with van der Waals surface area (Å²) < 4.78 is 11.5. The maximum absolute atomic E-state index is 12.4. The third-order valence-electron chi connectivity index (χ3n) is 2.86. The maximum atomic E-state index is 12.4. The van der Waals surface area contributed by atoms with Gasteiger partial charge in [0.1, 0.15) is 0 Å². The van der Waals surface area contributed by atoms with E-state index in [1.165, 1.54) is 14.2 Å². The molecule has 0 fully saturated rings. The van der Waals surface area contributed by atoms with Gasteiger partial charge in [0.05, 0.1) is 14.2 Å². The Morgan fingerprint density at radius 2 is 1.95 bits per heavy atom. The molecule has 0 aliphatic heterocycles. The maximum Gasteiger partial charge on any atom is 0.302 e. The topological polar surface area (TPSA) is 105 Å². The van der Waals surface area contributed by atoms with Crippen molar-refractivity contribution >= 4 is 21.4 Å². The van der Waals surface area contributed by atoms with Gasteiger partial charge in [-0.05, 0) is 18.2 Å². The van der Waals surface area contributed by atoms with Gasteiger partial charge in [-0.2, -0.15) is 4.52 Å². The molecule has 2 heterocycles. The second-order valence-electron chi connectivity index (χ2n) is 4.06. The van der Waals surface area contributed by atoms with E-state index in [1.807, 2.05) is 0 Å². The number of ether oxygens (including phenoxy) is 2. The third-order valence-corrected chi connectivity index (χ3v) is 3.59. The van der Waals surface area contributed by atoms with E-state index in [0.717, 1.165) is 15.9 Å². The molecule has 0 unspecified atom stereocenters. The van der Waals surface area contributed by atoms with Crippen LogP contribution in [0.2, 0.25) is 0 Å². The first kappa shape index (κ1) is 13.3. The minimum absolute atomic E-state index is 0.166. The number of benzene rings is 1. The standard InChI is InChI=1S/C12H11N5O3S/c1-19-7-4-3-6(5-8(7)20-2)9-10(18)17-12(15-14-9)21-11(13)16-17/h3-5H,1-2H3,(H2,13,16). The number of nitrogens with zero attached hydrogens (tertiary/aromatic N) is 4. The van der Waals surface area contributed by atoms with E-state index in [1.54, 1.807) is 18.2 Å². The first-order valence-corrected chi connectivity index (χ1v) is 6.70. The van der Waals surface area contributed by atoms with Gasteiger partial charge in [0, 0.05) is 5.56 Å². The van der Waals surface area contributed by atoms with E-state index >= 15 is 0 Å². The smallest absolute Gasteiger partial charge is 0.302 e. The molecule has 0 atom stereocenters. The molecule has 108 valence electrons. The van der Waals surface area contributed by atoms with Crippen LogP contribution in [0.3, 0.4) is 0 Å². The number of aromatic nitrogens is 4. The molecule has 2 aromatic heterocycles. The molecule has 3 aromatic rings. The summed E-state index contributed by atoms with van der Waals surface area (Å²) in [5, 5.41) is 12.1. The molecule has 0 bridgehead atoms. The lowest BCUT2D eigenvalue weighted by Crippen LogP contribution is -2.19. The van der Waals surface area contributed by atoms with E-state index in [-0.39, 0.29) is 16.4 Å². The Labute approximate surface area is 122 Å². The molecule has 0 aliphatic rings. The van der Waals surface area contributed by atoms with E-state index in [4.69, 9.17) is 15.2 Å². The summed E-state index contributed by atoms with van der Waals surface area (Å²) in [6.07, 6.45) is 0. The van der Waals surface area contributed by atoms with Crippen LogP contribution in [0.4, 0.5) is 5.13 Å². The lowest BCUT2D eigenvalue weighted by atomic mass is 10.1. The second-order valence-corrected chi connectivity index (χ2v) is 5.05. The largest absolute Gasteiger partial charge is 0.493 e. The van der Waals surface area contributed by atoms with Gasteiger partial charge in [-0.25, -0.2) is 0 Å². The highest BCUT2D eigenvalue weighted by molar-refractivity contribution is 7.20. The fourth-order valence-corrected chi connectivity index (χ4v) is 2.50. The highest BCUT2D eigenvalue weighted by Gasteiger charge is 2.14. The predicted molar refractivity (Wildman–Crippen MR) is 77.9 cm³/mol. The van der Waals surface area contributed by atoms with Crippen LogP contribution in [-0.2, 0) is 0 Å². The molecule has 0 aliphatic carbocycles. The van der Waals surface area contributed by atoms with Gasteiger partial charge in [-0.15, -0.1) is 15.3 Å². The molecule has 1 aromatic carbocycles. The van der Waals surface area contributed by atoms with Crippen LogP contribution < -0.4 is 20.8 Å². The lowest BCUT2D eigenvalue weighted by Gasteiger charge is -2.08. The Morgan fingerprint density at radius 1 is 1.19 bits per heavy atom. The van der Waals surface area contributed by atoms with Crippen molar-refractivity contribution in [3.63, 3.8) is 0 Å². The molecule has 21 heavy (non-hydrogen) atoms. The summed E-state index contributed by atoms with van der Waals surface area (Å²) in [7, 11) is 3.06. The summed E-state index contributed by atoms with van der Waals surface area (Å²) >= 11 is 1.10. The average Bonchev–Trinajstić information content (AvgIpc) is 2.88. The number of nitrogens with two attached hydrogens (primary N) is 1. The van der Waals surface area contributed by atoms with Crippen molar-refractivity contribution in [3.05, 3.63) is 28.6 Å². The summed E-state index contributed by atoms with van der Waals surface area (Å²) in [4.78, 5) is 12.7. The monoisotopic (exact) mass is 305 g/mol. The summed E-state index contributed by atoms with van der Waals surface area (Å²) in [5.41, 5.74) is 5.91. The molecule has 0 amide bonds. The van der Waals surface area contributed by atoms with Gasteiger partial charge in [0.25, 0.3) is 0 Å². The second kappa shape index (κ2) is 5.02. The molecular formula is C12H11N5O3S. The summed E-state index contributed by atoms with van der Waals surface area (Å²) in [6.45, 7) is 0. The molecule has 8 nitrogen and oxygen atoms in total. The summed E-state index contributed by atoms with van der Waals surface area (Å²) in [5.74, 6) is 1.06. The number of rotatable bonds is 3. The Kier molecular flexibility index (Phi) is 3.18. The van der Waals surface area contributed by atoms with E-state index < -0.39 is 0 Å². The Balaban J connectivity index is 2.20. The first-order chi connectivity index (χ1) is 10.1. The van der Waals surface area contributed by atoms with Crippen molar-refractivity contribution in [2.75, 3.05) is 20.0 Å². The fraction of sp³-hybridized carbons (Fsp3) is 0.167. The number of hydrogen-bond acceptors (Lipinski definition) is 8. The Morgan fingerprint density at radius 3 is 2.67 bits per heavy atom. The summed E-state index contributed by atoms with van der Waals surface area (Å²) in [6, 6.07) is 5.06. The van der Waals surface area contributed by atoms with Gasteiger partial charge >= 0.3 is 5.56 Å². The quantitative estimate of drug-likeness (QED) is 0.763. The van der Waals surface area contributed by atoms with Gasteiger partial charge in [0.2, 0.25) is 10.1 Å². The average molecular weight is 305 g/mol. The predicted octanol–water partition coefficient (Wildman–Crippen LogP) is 0.812. The molecule has 0 radical (unpaired) electrons. The van der Waals surface area contributed by atoms with Crippen molar-refractivity contribution in [1.29, 1.82) is 0 Å². The van der Waals surface area contributed by atoms with Crippen molar-refractivity contribution in [2.45, 2.75) is 0 Å². The number of hydrogen-bond donors (Lipinski definition) is 1. The van der Waals surface area contributed by atoms with Crippen LogP contribution in [0, 0.1) is 0 Å². The zero-order valence-electron chi connectivity index (χ0n) is 11.2. The third kappa shape index (κ3) is 2.17. The molecule has 0 saturated heterocycles. The van der Waals surface area contributed by atoms with Crippen molar-refractivity contribution in [2.24, 2.45) is 0 Å². The highest BCUT2D eigenvalue weighted by atomic mass is 32.1. The van der Waals surface area contributed by atoms with Crippen LogP contribution >= 0.6 is 11.3 Å². The van der Waals surface area contributed by atoms with Gasteiger partial charge in [-0.3, -0.25) is 4.79 Å². The molecule has 3 rings (SSSR count). The van der Waals surface area contributed by atoms with Crippen LogP contribution in [-0.4, -0.2) is 34.0 Å². The van der Waals surface area contributed by atoms with E-state index in [2.05, 4.69) is 15.3 Å². The van der Waals surface area contributed by atoms with Crippen molar-refractivity contribution in [3.8, 4) is 22.8 Å². The minimum Gasteiger partial charge on any atom is -0.493 e. The zero-order chi connectivity index (χ0) is 15.0. The highest BCUT2D eigenvalue weighted by Crippen LogP contribution is 2.30. The van der Waals surface area contributed by atoms with Crippen molar-refractivity contribution in [1.82, 2.24) is 19.8 Å². The van der Waals surface area contributed by atoms with Crippen LogP contribution in [0.1, 0.15) is 0 Å². The van der Waals surface area contributed by atoms with E-state index in [0.29, 0.717) is 22.0 Å². The van der Waals surface area contributed by atoms with E-state index in [9.17, 15) is 4.79 Å². The molecule has 0 spiro atoms. The van der Waals surface area contributed by atoms with Crippen LogP contribution in [0.5, 0.6) is 11.5 Å². The number of nitrogen functional groups attached to an aromatic ring is 1.